The molecule has 128 valence electrons. The quantitative estimate of drug-likeness (QED) is 0.491. The molecule has 4 rings (SSSR count). The fourth-order valence-corrected chi connectivity index (χ4v) is 3.13. The standard InChI is InChI=1S/C21H15N2O2.ClH/c1-2-14-7-9-15(10-8-14)13-23-12-4-6-17-16-5-3-11-22-18(16)20(24)21(25)19(17)23;/h2-12H,1,13H2;1H/q+1;/p-1. The first kappa shape index (κ1) is 17.7. The highest BCUT2D eigenvalue weighted by molar-refractivity contribution is 6.51. The molecule has 26 heavy (non-hydrogen) atoms. The lowest BCUT2D eigenvalue weighted by Gasteiger charge is -2.15. The van der Waals surface area contributed by atoms with E-state index in [9.17, 15) is 9.59 Å². The Labute approximate surface area is 157 Å². The molecule has 0 bridgehead atoms. The number of halogens is 1. The number of ketones is 2. The van der Waals surface area contributed by atoms with Crippen molar-refractivity contribution in [1.29, 1.82) is 0 Å². The van der Waals surface area contributed by atoms with E-state index in [4.69, 9.17) is 0 Å². The Balaban J connectivity index is 0.00000196. The van der Waals surface area contributed by atoms with Gasteiger partial charge >= 0.3 is 0 Å². The predicted molar refractivity (Wildman–Crippen MR) is 94.2 cm³/mol. The van der Waals surface area contributed by atoms with Crippen LogP contribution in [0.25, 0.3) is 17.2 Å². The SMILES string of the molecule is C=Cc1ccc(C[n+]2cccc3c2C(=O)C(=O)c2ncccc2-3)cc1.[Cl-]. The molecule has 1 aromatic carbocycles. The van der Waals surface area contributed by atoms with Gasteiger partial charge in [0.2, 0.25) is 0 Å². The fraction of sp³-hybridized carbons (Fsp3) is 0.0476. The van der Waals surface area contributed by atoms with Crippen LogP contribution in [-0.4, -0.2) is 16.6 Å². The summed E-state index contributed by atoms with van der Waals surface area (Å²) in [6, 6.07) is 15.3. The lowest BCUT2D eigenvalue weighted by molar-refractivity contribution is -0.689. The normalized spacial score (nSPS) is 12.0. The Bertz CT molecular complexity index is 1030. The summed E-state index contributed by atoms with van der Waals surface area (Å²) >= 11 is 0. The molecule has 5 heteroatoms. The Morgan fingerprint density at radius 2 is 1.69 bits per heavy atom. The highest BCUT2D eigenvalue weighted by atomic mass is 35.5. The maximum atomic E-state index is 12.7. The lowest BCUT2D eigenvalue weighted by atomic mass is 9.90. The molecule has 0 fully saturated rings. The van der Waals surface area contributed by atoms with E-state index in [0.717, 1.165) is 16.7 Å². The van der Waals surface area contributed by atoms with Gasteiger partial charge in [-0.25, -0.2) is 0 Å². The molecule has 0 radical (unpaired) electrons. The fourth-order valence-electron chi connectivity index (χ4n) is 3.13. The summed E-state index contributed by atoms with van der Waals surface area (Å²) in [5, 5.41) is 0. The van der Waals surface area contributed by atoms with Gasteiger partial charge in [-0.3, -0.25) is 14.6 Å². The Hall–Kier alpha value is -3.11. The zero-order valence-electron chi connectivity index (χ0n) is 13.9. The molecule has 1 aliphatic rings. The van der Waals surface area contributed by atoms with Crippen molar-refractivity contribution in [2.75, 3.05) is 0 Å². The summed E-state index contributed by atoms with van der Waals surface area (Å²) in [5.41, 5.74) is 4.18. The zero-order chi connectivity index (χ0) is 17.4. The number of benzene rings is 1. The zero-order valence-corrected chi connectivity index (χ0v) is 14.6. The van der Waals surface area contributed by atoms with Crippen molar-refractivity contribution in [1.82, 2.24) is 4.98 Å². The van der Waals surface area contributed by atoms with E-state index in [1.807, 2.05) is 53.2 Å². The summed E-state index contributed by atoms with van der Waals surface area (Å²) in [5.74, 6) is -1.06. The number of nitrogens with zero attached hydrogens (tertiary/aromatic N) is 2. The van der Waals surface area contributed by atoms with Crippen LogP contribution in [0, 0.1) is 0 Å². The van der Waals surface area contributed by atoms with Crippen LogP contribution < -0.4 is 17.0 Å². The van der Waals surface area contributed by atoms with E-state index < -0.39 is 11.6 Å². The minimum absolute atomic E-state index is 0. The molecule has 0 aliphatic heterocycles. The lowest BCUT2D eigenvalue weighted by Crippen LogP contribution is -3.00. The molecule has 2 aromatic heterocycles. The summed E-state index contributed by atoms with van der Waals surface area (Å²) < 4.78 is 1.83. The number of pyridine rings is 2. The molecule has 0 spiro atoms. The molecule has 0 saturated carbocycles. The van der Waals surface area contributed by atoms with Crippen LogP contribution >= 0.6 is 0 Å². The second-order valence-corrected chi connectivity index (χ2v) is 5.90. The summed E-state index contributed by atoms with van der Waals surface area (Å²) in [6.07, 6.45) is 5.15. The van der Waals surface area contributed by atoms with Gasteiger partial charge in [0.05, 0.1) is 5.56 Å². The van der Waals surface area contributed by atoms with Crippen LogP contribution in [-0.2, 0) is 6.54 Å². The number of hydrogen-bond acceptors (Lipinski definition) is 3. The van der Waals surface area contributed by atoms with Crippen molar-refractivity contribution in [3.05, 3.63) is 90.0 Å². The molecule has 0 atom stereocenters. The average molecular weight is 363 g/mol. The van der Waals surface area contributed by atoms with Crippen LogP contribution in [0.4, 0.5) is 0 Å². The molecule has 1 aliphatic carbocycles. The van der Waals surface area contributed by atoms with Crippen LogP contribution in [0.2, 0.25) is 0 Å². The van der Waals surface area contributed by atoms with Gasteiger partial charge in [0.25, 0.3) is 17.3 Å². The number of hydrogen-bond donors (Lipinski definition) is 0. The third-order valence-electron chi connectivity index (χ3n) is 4.37. The number of carbonyl (C=O) groups is 2. The summed E-state index contributed by atoms with van der Waals surface area (Å²) in [6.45, 7) is 4.26. The summed E-state index contributed by atoms with van der Waals surface area (Å²) in [7, 11) is 0. The topological polar surface area (TPSA) is 50.9 Å². The number of aromatic nitrogens is 2. The predicted octanol–water partition coefficient (Wildman–Crippen LogP) is 0.110. The van der Waals surface area contributed by atoms with E-state index >= 15 is 0 Å². The van der Waals surface area contributed by atoms with Crippen LogP contribution in [0.15, 0.2) is 67.5 Å². The molecule has 0 N–H and O–H groups in total. The van der Waals surface area contributed by atoms with Gasteiger partial charge in [-0.15, -0.1) is 0 Å². The minimum atomic E-state index is -0.551. The third kappa shape index (κ3) is 2.85. The number of fused-ring (bicyclic) bond motifs is 3. The van der Waals surface area contributed by atoms with Gasteiger partial charge in [-0.1, -0.05) is 43.0 Å². The molecular formula is C21H15ClN2O2. The van der Waals surface area contributed by atoms with Crippen molar-refractivity contribution in [3.63, 3.8) is 0 Å². The van der Waals surface area contributed by atoms with Crippen LogP contribution in [0.3, 0.4) is 0 Å². The van der Waals surface area contributed by atoms with E-state index in [1.54, 1.807) is 12.1 Å². The molecule has 0 saturated heterocycles. The molecular weight excluding hydrogens is 348 g/mol. The average Bonchev–Trinajstić information content (AvgIpc) is 2.66. The second-order valence-electron chi connectivity index (χ2n) is 5.90. The maximum absolute atomic E-state index is 12.7. The van der Waals surface area contributed by atoms with Crippen LogP contribution in [0.1, 0.15) is 32.1 Å². The maximum Gasteiger partial charge on any atom is 0.299 e. The number of rotatable bonds is 3. The third-order valence-corrected chi connectivity index (χ3v) is 4.37. The molecule has 0 amide bonds. The van der Waals surface area contributed by atoms with Crippen molar-refractivity contribution >= 4 is 17.6 Å². The van der Waals surface area contributed by atoms with Gasteiger partial charge in [-0.05, 0) is 17.7 Å². The largest absolute Gasteiger partial charge is 1.00 e. The second kappa shape index (κ2) is 7.02. The van der Waals surface area contributed by atoms with Gasteiger partial charge in [-0.2, -0.15) is 4.57 Å². The Morgan fingerprint density at radius 1 is 0.962 bits per heavy atom. The first-order valence-corrected chi connectivity index (χ1v) is 7.97. The van der Waals surface area contributed by atoms with Crippen molar-refractivity contribution in [2.45, 2.75) is 6.54 Å². The van der Waals surface area contributed by atoms with E-state index in [-0.39, 0.29) is 18.1 Å². The Morgan fingerprint density at radius 3 is 2.42 bits per heavy atom. The van der Waals surface area contributed by atoms with Crippen molar-refractivity contribution in [2.24, 2.45) is 0 Å². The van der Waals surface area contributed by atoms with E-state index in [2.05, 4.69) is 11.6 Å². The highest BCUT2D eigenvalue weighted by Gasteiger charge is 2.38. The first-order chi connectivity index (χ1) is 12.2. The Kier molecular flexibility index (Phi) is 4.78. The number of carbonyl (C=O) groups excluding carboxylic acids is 2. The molecule has 3 aromatic rings. The van der Waals surface area contributed by atoms with Gasteiger partial charge in [0.15, 0.2) is 12.7 Å². The van der Waals surface area contributed by atoms with Crippen LogP contribution in [0.5, 0.6) is 0 Å². The first-order valence-electron chi connectivity index (χ1n) is 7.97. The van der Waals surface area contributed by atoms with Gasteiger partial charge < -0.3 is 12.4 Å². The molecule has 0 unspecified atom stereocenters. The smallest absolute Gasteiger partial charge is 0.299 e. The summed E-state index contributed by atoms with van der Waals surface area (Å²) in [4.78, 5) is 29.2. The molecule has 2 heterocycles. The number of Topliss-reactive ketones (excluding diaryl/α,β-unsaturated/α-hetero) is 2. The van der Waals surface area contributed by atoms with Crippen molar-refractivity contribution < 1.29 is 26.6 Å². The van der Waals surface area contributed by atoms with Crippen molar-refractivity contribution in [3.8, 4) is 11.1 Å². The van der Waals surface area contributed by atoms with Gasteiger partial charge in [0, 0.05) is 23.4 Å². The minimum Gasteiger partial charge on any atom is -1.00 e. The monoisotopic (exact) mass is 362 g/mol. The van der Waals surface area contributed by atoms with E-state index in [1.165, 1.54) is 6.20 Å². The van der Waals surface area contributed by atoms with Gasteiger partial charge in [0.1, 0.15) is 5.69 Å². The molecule has 4 nitrogen and oxygen atoms in total. The van der Waals surface area contributed by atoms with E-state index in [0.29, 0.717) is 17.8 Å². The highest BCUT2D eigenvalue weighted by Crippen LogP contribution is 2.30.